The fourth-order valence-electron chi connectivity index (χ4n) is 5.08. The van der Waals surface area contributed by atoms with E-state index in [4.69, 9.17) is 10.8 Å². The topological polar surface area (TPSA) is 130 Å². The second-order valence-electron chi connectivity index (χ2n) is 10.2. The summed E-state index contributed by atoms with van der Waals surface area (Å²) in [6.45, 7) is 4.51. The highest BCUT2D eigenvalue weighted by molar-refractivity contribution is 5.89. The lowest BCUT2D eigenvalue weighted by Gasteiger charge is -2.34. The Morgan fingerprint density at radius 1 is 1.23 bits per heavy atom. The number of halogens is 3. The van der Waals surface area contributed by atoms with Crippen molar-refractivity contribution in [3.05, 3.63) is 51.6 Å². The molecule has 0 radical (unpaired) electrons. The number of nitrogens with two attached hydrogens (primary N) is 1. The van der Waals surface area contributed by atoms with E-state index < -0.39 is 17.8 Å². The lowest BCUT2D eigenvalue weighted by molar-refractivity contribution is -0.137. The molecule has 3 aromatic rings. The summed E-state index contributed by atoms with van der Waals surface area (Å²) in [6.07, 6.45) is -3.43. The molecule has 0 unspecified atom stereocenters. The van der Waals surface area contributed by atoms with Crippen molar-refractivity contribution in [3.63, 3.8) is 0 Å². The number of likely N-dealkylation sites (N-methyl/N-ethyl adjacent to an activating group) is 1. The fraction of sp³-hybridized carbons (Fsp3) is 0.481. The number of nitrogens with one attached hydrogen (secondary N) is 1. The minimum atomic E-state index is -4.54. The molecule has 0 bridgehead atoms. The molecule has 0 saturated carbocycles. The zero-order valence-corrected chi connectivity index (χ0v) is 22.9. The quantitative estimate of drug-likeness (QED) is 0.376. The number of amides is 1. The first kappa shape index (κ1) is 29.1. The number of hydrogen-bond acceptors (Lipinski definition) is 8. The van der Waals surface area contributed by atoms with Crippen molar-refractivity contribution >= 4 is 34.1 Å². The van der Waals surface area contributed by atoms with Gasteiger partial charge >= 0.3 is 6.18 Å². The lowest BCUT2D eigenvalue weighted by Crippen LogP contribution is -2.43. The van der Waals surface area contributed by atoms with Crippen molar-refractivity contribution in [1.82, 2.24) is 19.4 Å². The number of pyridine rings is 1. The molecule has 0 spiro atoms. The van der Waals surface area contributed by atoms with E-state index in [2.05, 4.69) is 15.3 Å². The number of anilines is 3. The van der Waals surface area contributed by atoms with Crippen LogP contribution in [0, 0.1) is 12.8 Å². The van der Waals surface area contributed by atoms with Gasteiger partial charge in [-0.3, -0.25) is 14.2 Å². The predicted molar refractivity (Wildman–Crippen MR) is 147 cm³/mol. The van der Waals surface area contributed by atoms with Crippen LogP contribution in [0.5, 0.6) is 0 Å². The second kappa shape index (κ2) is 11.3. The highest BCUT2D eigenvalue weighted by Crippen LogP contribution is 2.34. The fourth-order valence-corrected chi connectivity index (χ4v) is 5.08. The molecule has 1 atom stereocenters. The molecule has 3 heterocycles. The van der Waals surface area contributed by atoms with Crippen molar-refractivity contribution in [2.75, 3.05) is 49.2 Å². The van der Waals surface area contributed by atoms with Gasteiger partial charge in [0, 0.05) is 45.3 Å². The van der Waals surface area contributed by atoms with Gasteiger partial charge in [0.05, 0.1) is 23.6 Å². The van der Waals surface area contributed by atoms with Gasteiger partial charge in [-0.05, 0) is 56.5 Å². The summed E-state index contributed by atoms with van der Waals surface area (Å²) in [5.74, 6) is 0.541. The van der Waals surface area contributed by atoms with Gasteiger partial charge in [0.1, 0.15) is 23.0 Å². The average molecular weight is 562 g/mol. The maximum absolute atomic E-state index is 13.4. The number of fused-ring (bicyclic) bond motifs is 1. The summed E-state index contributed by atoms with van der Waals surface area (Å²) in [5, 5.41) is 12.9. The molecule has 1 aliphatic rings. The molecular weight excluding hydrogens is 527 g/mol. The molecule has 40 heavy (non-hydrogen) atoms. The summed E-state index contributed by atoms with van der Waals surface area (Å²) >= 11 is 0. The smallest absolute Gasteiger partial charge is 0.399 e. The largest absolute Gasteiger partial charge is 0.416 e. The lowest BCUT2D eigenvalue weighted by atomic mass is 9.95. The molecule has 2 aromatic heterocycles. The Morgan fingerprint density at radius 2 is 1.90 bits per heavy atom. The van der Waals surface area contributed by atoms with Crippen LogP contribution in [0.3, 0.4) is 0 Å². The molecule has 4 rings (SSSR count). The Morgan fingerprint density at radius 3 is 2.52 bits per heavy atom. The monoisotopic (exact) mass is 561 g/mol. The number of benzene rings is 1. The Labute approximate surface area is 229 Å². The van der Waals surface area contributed by atoms with Crippen LogP contribution in [0.1, 0.15) is 42.8 Å². The first-order chi connectivity index (χ1) is 18.8. The summed E-state index contributed by atoms with van der Waals surface area (Å²) < 4.78 is 41.6. The maximum Gasteiger partial charge on any atom is 0.416 e. The minimum Gasteiger partial charge on any atom is -0.399 e. The molecule has 10 nitrogen and oxygen atoms in total. The van der Waals surface area contributed by atoms with Gasteiger partial charge in [-0.2, -0.15) is 13.2 Å². The average Bonchev–Trinajstić information content (AvgIpc) is 2.90. The second-order valence-corrected chi connectivity index (χ2v) is 10.2. The van der Waals surface area contributed by atoms with Gasteiger partial charge in [0.25, 0.3) is 5.56 Å². The number of hydrogen-bond donors (Lipinski definition) is 3. The Hall–Kier alpha value is -3.87. The number of carbonyl (C=O) groups is 1. The van der Waals surface area contributed by atoms with Gasteiger partial charge in [0.2, 0.25) is 5.91 Å². The molecule has 1 aromatic carbocycles. The number of alkyl halides is 3. The zero-order chi connectivity index (χ0) is 29.4. The van der Waals surface area contributed by atoms with Crippen molar-refractivity contribution in [1.29, 1.82) is 0 Å². The number of aliphatic hydroxyl groups is 1. The summed E-state index contributed by atoms with van der Waals surface area (Å²) in [7, 11) is 3.27. The maximum atomic E-state index is 13.4. The van der Waals surface area contributed by atoms with E-state index in [0.29, 0.717) is 59.9 Å². The predicted octanol–water partition coefficient (Wildman–Crippen LogP) is 3.08. The van der Waals surface area contributed by atoms with Crippen molar-refractivity contribution in [2.24, 2.45) is 13.0 Å². The Balaban J connectivity index is 1.66. The Bertz CT molecular complexity index is 1470. The third-order valence-corrected chi connectivity index (χ3v) is 7.31. The zero-order valence-electron chi connectivity index (χ0n) is 22.9. The Kier molecular flexibility index (Phi) is 8.24. The van der Waals surface area contributed by atoms with Crippen LogP contribution >= 0.6 is 0 Å². The van der Waals surface area contributed by atoms with Crippen LogP contribution in [0.15, 0.2) is 29.1 Å². The minimum absolute atomic E-state index is 0.00340. The van der Waals surface area contributed by atoms with Gasteiger partial charge in [-0.15, -0.1) is 0 Å². The number of aromatic nitrogens is 3. The van der Waals surface area contributed by atoms with E-state index in [1.807, 2.05) is 4.90 Å². The molecule has 4 N–H and O–H groups in total. The third-order valence-electron chi connectivity index (χ3n) is 7.31. The number of nitrogens with zero attached hydrogens (tertiary/aromatic N) is 5. The van der Waals surface area contributed by atoms with Gasteiger partial charge < -0.3 is 26.0 Å². The normalized spacial score (nSPS) is 15.3. The third kappa shape index (κ3) is 5.98. The number of piperidine rings is 1. The molecule has 0 aliphatic carbocycles. The van der Waals surface area contributed by atoms with Crippen molar-refractivity contribution in [2.45, 2.75) is 38.9 Å². The van der Waals surface area contributed by atoms with E-state index in [-0.39, 0.29) is 36.2 Å². The summed E-state index contributed by atoms with van der Waals surface area (Å²) in [4.78, 5) is 38.4. The molecular formula is C27H34F3N7O3. The molecule has 1 aliphatic heterocycles. The number of carbonyl (C=O) groups excluding carboxylic acids is 1. The molecule has 1 saturated heterocycles. The van der Waals surface area contributed by atoms with Crippen LogP contribution in [0.2, 0.25) is 0 Å². The SMILES string of the molecule is Cc1nc(N[C@H](C)c2cc(N)cc(C(F)(F)F)c2)c2cc(N3CCC(C(=O)N(C)CCO)CC3)c(=O)n(C)c2n1. The van der Waals surface area contributed by atoms with E-state index in [0.717, 1.165) is 12.1 Å². The van der Waals surface area contributed by atoms with Crippen LogP contribution in [-0.2, 0) is 18.0 Å². The summed E-state index contributed by atoms with van der Waals surface area (Å²) in [6, 6.07) is 4.53. The van der Waals surface area contributed by atoms with Gasteiger partial charge in [0.15, 0.2) is 0 Å². The van der Waals surface area contributed by atoms with E-state index in [9.17, 15) is 22.8 Å². The highest BCUT2D eigenvalue weighted by atomic mass is 19.4. The van der Waals surface area contributed by atoms with E-state index >= 15 is 0 Å². The first-order valence-electron chi connectivity index (χ1n) is 13.0. The van der Waals surface area contributed by atoms with Gasteiger partial charge in [-0.1, -0.05) is 0 Å². The van der Waals surface area contributed by atoms with Gasteiger partial charge in [-0.25, -0.2) is 9.97 Å². The molecule has 13 heteroatoms. The van der Waals surface area contributed by atoms with Crippen LogP contribution in [0.4, 0.5) is 30.4 Å². The molecule has 1 fully saturated rings. The van der Waals surface area contributed by atoms with Crippen LogP contribution < -0.4 is 21.5 Å². The van der Waals surface area contributed by atoms with Crippen LogP contribution in [0.25, 0.3) is 11.0 Å². The van der Waals surface area contributed by atoms with Crippen LogP contribution in [-0.4, -0.2) is 63.7 Å². The van der Waals surface area contributed by atoms with Crippen molar-refractivity contribution in [3.8, 4) is 0 Å². The van der Waals surface area contributed by atoms with Crippen molar-refractivity contribution < 1.29 is 23.1 Å². The number of aryl methyl sites for hydroxylation is 2. The molecule has 216 valence electrons. The standard InChI is InChI=1S/C27H34F3N7O3/c1-15(18-11-19(27(28,29)30)13-20(31)12-18)32-23-21-14-22(26(40)36(4)24(21)34-16(2)33-23)37-7-5-17(6-8-37)25(39)35(3)9-10-38/h11-15,17,38H,5-10,31H2,1-4H3,(H,32,33,34)/t15-/m1/s1. The van der Waals surface area contributed by atoms with E-state index in [1.54, 1.807) is 34.0 Å². The summed E-state index contributed by atoms with van der Waals surface area (Å²) in [5.41, 5.74) is 5.82. The number of aliphatic hydroxyl groups excluding tert-OH is 1. The molecule has 1 amide bonds. The highest BCUT2D eigenvalue weighted by Gasteiger charge is 2.32. The number of nitrogen functional groups attached to an aromatic ring is 1. The van der Waals surface area contributed by atoms with E-state index in [1.165, 1.54) is 15.5 Å². The first-order valence-corrected chi connectivity index (χ1v) is 13.0. The number of rotatable bonds is 7.